The lowest BCUT2D eigenvalue weighted by atomic mass is 10.1. The van der Waals surface area contributed by atoms with Crippen LogP contribution in [0.2, 0.25) is 0 Å². The Labute approximate surface area is 185 Å². The number of hydrogen-bond acceptors (Lipinski definition) is 7. The molecule has 0 unspecified atom stereocenters. The number of nitrogens with zero attached hydrogens (tertiary/aromatic N) is 4. The first-order chi connectivity index (χ1) is 15.1. The Morgan fingerprint density at radius 2 is 1.35 bits per heavy atom. The van der Waals surface area contributed by atoms with Crippen LogP contribution in [0.15, 0.2) is 36.4 Å². The third-order valence-corrected chi connectivity index (χ3v) is 5.59. The van der Waals surface area contributed by atoms with Gasteiger partial charge in [0, 0.05) is 11.1 Å². The van der Waals surface area contributed by atoms with E-state index in [9.17, 15) is 0 Å². The van der Waals surface area contributed by atoms with Crippen LogP contribution >= 0.6 is 11.3 Å². The van der Waals surface area contributed by atoms with Crippen LogP contribution in [0.1, 0.15) is 33.6 Å². The quantitative estimate of drug-likeness (QED) is 0.405. The number of thiazole rings is 1. The molecule has 2 heterocycles. The molecule has 0 atom stereocenters. The zero-order chi connectivity index (χ0) is 21.8. The summed E-state index contributed by atoms with van der Waals surface area (Å²) in [5, 5.41) is 0.937. The summed E-state index contributed by atoms with van der Waals surface area (Å²) in [5.74, 6) is 3.44. The van der Waals surface area contributed by atoms with Gasteiger partial charge in [-0.25, -0.2) is 19.9 Å². The van der Waals surface area contributed by atoms with Crippen molar-refractivity contribution in [3.05, 3.63) is 70.0 Å². The molecule has 2 aromatic heterocycles. The Hall–Kier alpha value is -3.58. The van der Waals surface area contributed by atoms with Crippen LogP contribution in [-0.2, 0) is 0 Å². The second-order valence-electron chi connectivity index (χ2n) is 6.81. The molecule has 0 radical (unpaired) electrons. The molecule has 0 fully saturated rings. The average Bonchev–Trinajstić information content (AvgIpc) is 3.18. The number of aryl methyl sites for hydroxylation is 2. The molecule has 0 amide bonds. The van der Waals surface area contributed by atoms with Gasteiger partial charge >= 0.3 is 0 Å². The van der Waals surface area contributed by atoms with E-state index in [2.05, 4.69) is 26.0 Å². The van der Waals surface area contributed by atoms with Crippen molar-refractivity contribution in [3.63, 3.8) is 0 Å². The van der Waals surface area contributed by atoms with Gasteiger partial charge in [-0.2, -0.15) is 0 Å². The molecule has 4 rings (SSSR count). The minimum absolute atomic E-state index is 0.603. The largest absolute Gasteiger partial charge is 0.496 e. The SMILES string of the molecule is COc1cc(/C=C/c2nc3ccccc3s2)c(OC)cc1/C=C/c1nc(C)nc(C)n1. The van der Waals surface area contributed by atoms with Crippen molar-refractivity contribution >= 4 is 45.9 Å². The van der Waals surface area contributed by atoms with E-state index in [0.29, 0.717) is 17.5 Å². The molecule has 2 aromatic carbocycles. The maximum absolute atomic E-state index is 5.62. The number of aromatic nitrogens is 4. The fourth-order valence-corrected chi connectivity index (χ4v) is 4.08. The van der Waals surface area contributed by atoms with Crippen LogP contribution in [0.4, 0.5) is 0 Å². The van der Waals surface area contributed by atoms with Gasteiger partial charge < -0.3 is 9.47 Å². The van der Waals surface area contributed by atoms with Crippen LogP contribution in [0.3, 0.4) is 0 Å². The second-order valence-corrected chi connectivity index (χ2v) is 7.87. The van der Waals surface area contributed by atoms with E-state index in [1.54, 1.807) is 25.6 Å². The number of ether oxygens (including phenoxy) is 2. The molecule has 4 aromatic rings. The molecule has 0 aliphatic carbocycles. The molecular weight excluding hydrogens is 408 g/mol. The molecule has 0 spiro atoms. The lowest BCUT2D eigenvalue weighted by Crippen LogP contribution is -1.98. The first-order valence-electron chi connectivity index (χ1n) is 9.73. The van der Waals surface area contributed by atoms with Gasteiger partial charge in [-0.15, -0.1) is 11.3 Å². The minimum atomic E-state index is 0.603. The Morgan fingerprint density at radius 1 is 0.742 bits per heavy atom. The number of methoxy groups -OCH3 is 2. The monoisotopic (exact) mass is 430 g/mol. The third kappa shape index (κ3) is 4.78. The summed E-state index contributed by atoms with van der Waals surface area (Å²) in [6, 6.07) is 12.0. The first kappa shape index (κ1) is 20.7. The van der Waals surface area contributed by atoms with E-state index >= 15 is 0 Å². The molecule has 0 aliphatic rings. The fourth-order valence-electron chi connectivity index (χ4n) is 3.21. The Kier molecular flexibility index (Phi) is 6.04. The fraction of sp³-hybridized carbons (Fsp3) is 0.167. The van der Waals surface area contributed by atoms with Crippen LogP contribution in [0.25, 0.3) is 34.5 Å². The van der Waals surface area contributed by atoms with Crippen molar-refractivity contribution in [3.8, 4) is 11.5 Å². The van der Waals surface area contributed by atoms with Gasteiger partial charge in [0.2, 0.25) is 0 Å². The summed E-state index contributed by atoms with van der Waals surface area (Å²) < 4.78 is 12.4. The molecule has 0 saturated carbocycles. The normalized spacial score (nSPS) is 11.6. The standard InChI is InChI=1S/C24H22N4O2S/c1-15-25-16(2)27-23(26-15)11-9-17-13-21(30-4)18(14-20(17)29-3)10-12-24-28-19-7-5-6-8-22(19)31-24/h5-14H,1-4H3/b11-9+,12-10+. The summed E-state index contributed by atoms with van der Waals surface area (Å²) in [4.78, 5) is 17.6. The maximum Gasteiger partial charge on any atom is 0.156 e. The molecule has 156 valence electrons. The zero-order valence-corrected chi connectivity index (χ0v) is 18.6. The van der Waals surface area contributed by atoms with Gasteiger partial charge in [0.05, 0.1) is 24.4 Å². The highest BCUT2D eigenvalue weighted by Crippen LogP contribution is 2.32. The highest BCUT2D eigenvalue weighted by molar-refractivity contribution is 7.19. The van der Waals surface area contributed by atoms with E-state index in [1.807, 2.05) is 68.5 Å². The van der Waals surface area contributed by atoms with Crippen molar-refractivity contribution in [1.29, 1.82) is 0 Å². The van der Waals surface area contributed by atoms with Crippen molar-refractivity contribution in [1.82, 2.24) is 19.9 Å². The van der Waals surface area contributed by atoms with Crippen LogP contribution in [-0.4, -0.2) is 34.2 Å². The van der Waals surface area contributed by atoms with Crippen LogP contribution in [0.5, 0.6) is 11.5 Å². The topological polar surface area (TPSA) is 70.0 Å². The molecule has 0 bridgehead atoms. The predicted molar refractivity (Wildman–Crippen MR) is 126 cm³/mol. The third-order valence-electron chi connectivity index (χ3n) is 4.59. The minimum Gasteiger partial charge on any atom is -0.496 e. The van der Waals surface area contributed by atoms with Crippen molar-refractivity contribution in [2.24, 2.45) is 0 Å². The lowest BCUT2D eigenvalue weighted by Gasteiger charge is -2.11. The molecule has 6 nitrogen and oxygen atoms in total. The predicted octanol–water partition coefficient (Wildman–Crippen LogP) is 5.46. The van der Waals surface area contributed by atoms with Crippen molar-refractivity contribution in [2.75, 3.05) is 14.2 Å². The van der Waals surface area contributed by atoms with Gasteiger partial charge in [0.1, 0.15) is 28.2 Å². The van der Waals surface area contributed by atoms with Gasteiger partial charge in [-0.05, 0) is 62.4 Å². The van der Waals surface area contributed by atoms with Gasteiger partial charge in [-0.3, -0.25) is 0 Å². The van der Waals surface area contributed by atoms with E-state index in [-0.39, 0.29) is 0 Å². The number of fused-ring (bicyclic) bond motifs is 1. The Balaban J connectivity index is 1.65. The molecule has 0 aliphatic heterocycles. The number of hydrogen-bond donors (Lipinski definition) is 0. The zero-order valence-electron chi connectivity index (χ0n) is 17.8. The number of rotatable bonds is 6. The van der Waals surface area contributed by atoms with E-state index in [4.69, 9.17) is 9.47 Å². The number of para-hydroxylation sites is 1. The van der Waals surface area contributed by atoms with Gasteiger partial charge in [-0.1, -0.05) is 12.1 Å². The maximum atomic E-state index is 5.62. The average molecular weight is 431 g/mol. The molecule has 0 N–H and O–H groups in total. The van der Waals surface area contributed by atoms with Crippen molar-refractivity contribution < 1.29 is 9.47 Å². The Bertz CT molecular complexity index is 1240. The summed E-state index contributed by atoms with van der Waals surface area (Å²) >= 11 is 1.65. The van der Waals surface area contributed by atoms with E-state index in [1.165, 1.54) is 0 Å². The Morgan fingerprint density at radius 3 is 1.97 bits per heavy atom. The van der Waals surface area contributed by atoms with Gasteiger partial charge in [0.25, 0.3) is 0 Å². The summed E-state index contributed by atoms with van der Waals surface area (Å²) in [6.07, 6.45) is 7.74. The highest BCUT2D eigenvalue weighted by atomic mass is 32.1. The van der Waals surface area contributed by atoms with E-state index in [0.717, 1.165) is 37.9 Å². The highest BCUT2D eigenvalue weighted by Gasteiger charge is 2.09. The van der Waals surface area contributed by atoms with Gasteiger partial charge in [0.15, 0.2) is 5.82 Å². The summed E-state index contributed by atoms with van der Waals surface area (Å²) in [6.45, 7) is 3.70. The molecular formula is C24H22N4O2S. The van der Waals surface area contributed by atoms with Crippen molar-refractivity contribution in [2.45, 2.75) is 13.8 Å². The number of benzene rings is 2. The van der Waals surface area contributed by atoms with Crippen LogP contribution < -0.4 is 9.47 Å². The molecule has 7 heteroatoms. The summed E-state index contributed by atoms with van der Waals surface area (Å²) in [5.41, 5.74) is 2.77. The summed E-state index contributed by atoms with van der Waals surface area (Å²) in [7, 11) is 3.31. The smallest absolute Gasteiger partial charge is 0.156 e. The lowest BCUT2D eigenvalue weighted by molar-refractivity contribution is 0.401. The first-order valence-corrected chi connectivity index (χ1v) is 10.5. The van der Waals surface area contributed by atoms with Crippen LogP contribution in [0, 0.1) is 13.8 Å². The molecule has 31 heavy (non-hydrogen) atoms. The second kappa shape index (κ2) is 9.06. The molecule has 0 saturated heterocycles. The van der Waals surface area contributed by atoms with E-state index < -0.39 is 0 Å².